The third-order valence-electron chi connectivity index (χ3n) is 1.26. The van der Waals surface area contributed by atoms with Gasteiger partial charge in [-0.25, -0.2) is 0 Å². The Hall–Kier alpha value is -0.500. The van der Waals surface area contributed by atoms with Gasteiger partial charge in [0.1, 0.15) is 0 Å². The van der Waals surface area contributed by atoms with Crippen LogP contribution in [0.25, 0.3) is 0 Å². The van der Waals surface area contributed by atoms with Crippen molar-refractivity contribution >= 4 is 22.8 Å². The van der Waals surface area contributed by atoms with Crippen LogP contribution in [-0.4, -0.2) is 10.6 Å². The van der Waals surface area contributed by atoms with Gasteiger partial charge in [0.05, 0.1) is 5.70 Å². The first-order valence-corrected chi connectivity index (χ1v) is 3.36. The minimum Gasteiger partial charge on any atom is -0.257 e. The molecule has 0 spiro atoms. The number of allylic oxidation sites excluding steroid dienone is 2. The van der Waals surface area contributed by atoms with E-state index in [0.717, 1.165) is 22.7 Å². The molecule has 0 atom stereocenters. The summed E-state index contributed by atoms with van der Waals surface area (Å²) in [5.74, 6) is 0. The summed E-state index contributed by atoms with van der Waals surface area (Å²) < 4.78 is 0. The molecule has 0 fully saturated rings. The zero-order chi connectivity index (χ0) is 6.85. The lowest BCUT2D eigenvalue weighted by Gasteiger charge is -1.89. The van der Waals surface area contributed by atoms with Gasteiger partial charge in [0.2, 0.25) is 0 Å². The molecule has 1 nitrogen and oxygen atoms in total. The van der Waals surface area contributed by atoms with E-state index in [9.17, 15) is 0 Å². The quantitative estimate of drug-likeness (QED) is 0.507. The standard InChI is InChI=1S/C7H9NS/c1-5-3-4-7(8-5)6(2)9/h4H,3H2,1-2H3. The Morgan fingerprint density at radius 1 is 1.78 bits per heavy atom. The third-order valence-corrected chi connectivity index (χ3v) is 1.47. The van der Waals surface area contributed by atoms with Crippen molar-refractivity contribution in [3.8, 4) is 0 Å². The predicted molar refractivity (Wildman–Crippen MR) is 44.1 cm³/mol. The van der Waals surface area contributed by atoms with Crippen LogP contribution < -0.4 is 0 Å². The van der Waals surface area contributed by atoms with Gasteiger partial charge >= 0.3 is 0 Å². The highest BCUT2D eigenvalue weighted by atomic mass is 32.1. The molecular weight excluding hydrogens is 130 g/mol. The Labute approximate surface area is 60.5 Å². The lowest BCUT2D eigenvalue weighted by Crippen LogP contribution is -1.86. The molecule has 0 N–H and O–H groups in total. The van der Waals surface area contributed by atoms with Gasteiger partial charge in [0, 0.05) is 17.0 Å². The molecule has 1 heterocycles. The highest BCUT2D eigenvalue weighted by Gasteiger charge is 2.04. The van der Waals surface area contributed by atoms with Crippen molar-refractivity contribution < 1.29 is 0 Å². The molecule has 0 unspecified atom stereocenters. The summed E-state index contributed by atoms with van der Waals surface area (Å²) in [6, 6.07) is 0. The maximum atomic E-state index is 4.93. The fraction of sp³-hybridized carbons (Fsp3) is 0.429. The van der Waals surface area contributed by atoms with Crippen LogP contribution in [0.1, 0.15) is 20.3 Å². The van der Waals surface area contributed by atoms with E-state index in [1.54, 1.807) is 0 Å². The van der Waals surface area contributed by atoms with Gasteiger partial charge in [-0.15, -0.1) is 0 Å². The van der Waals surface area contributed by atoms with E-state index >= 15 is 0 Å². The second-order valence-corrected chi connectivity index (χ2v) is 2.81. The SMILES string of the molecule is CC(=S)C1=CCC(C)=N1. The fourth-order valence-electron chi connectivity index (χ4n) is 0.764. The van der Waals surface area contributed by atoms with Crippen molar-refractivity contribution in [1.82, 2.24) is 0 Å². The molecular formula is C7H9NS. The number of hydrogen-bond donors (Lipinski definition) is 0. The van der Waals surface area contributed by atoms with Gasteiger partial charge in [-0.3, -0.25) is 4.99 Å². The molecule has 0 saturated heterocycles. The first kappa shape index (κ1) is 6.62. The van der Waals surface area contributed by atoms with Crippen LogP contribution in [0.15, 0.2) is 16.8 Å². The average Bonchev–Trinajstić information content (AvgIpc) is 2.14. The lowest BCUT2D eigenvalue weighted by molar-refractivity contribution is 1.49. The molecule has 48 valence electrons. The van der Waals surface area contributed by atoms with Gasteiger partial charge in [0.15, 0.2) is 0 Å². The average molecular weight is 139 g/mol. The molecule has 0 radical (unpaired) electrons. The summed E-state index contributed by atoms with van der Waals surface area (Å²) in [4.78, 5) is 5.12. The number of aliphatic imine (C=N–C) groups is 1. The Balaban J connectivity index is 2.75. The van der Waals surface area contributed by atoms with Crippen LogP contribution in [0.3, 0.4) is 0 Å². The van der Waals surface area contributed by atoms with Crippen LogP contribution in [-0.2, 0) is 0 Å². The highest BCUT2D eigenvalue weighted by Crippen LogP contribution is 2.11. The third kappa shape index (κ3) is 1.45. The first-order chi connectivity index (χ1) is 4.20. The topological polar surface area (TPSA) is 12.4 Å². The Bertz CT molecular complexity index is 201. The van der Waals surface area contributed by atoms with Crippen LogP contribution in [0.4, 0.5) is 0 Å². The van der Waals surface area contributed by atoms with Crippen molar-refractivity contribution in [3.63, 3.8) is 0 Å². The van der Waals surface area contributed by atoms with E-state index in [1.165, 1.54) is 0 Å². The van der Waals surface area contributed by atoms with E-state index in [0.29, 0.717) is 0 Å². The first-order valence-electron chi connectivity index (χ1n) is 2.95. The monoisotopic (exact) mass is 139 g/mol. The molecule has 0 saturated carbocycles. The minimum absolute atomic E-state index is 0.895. The van der Waals surface area contributed by atoms with Crippen molar-refractivity contribution in [2.24, 2.45) is 4.99 Å². The van der Waals surface area contributed by atoms with Crippen molar-refractivity contribution in [2.45, 2.75) is 20.3 Å². The molecule has 0 aromatic carbocycles. The molecule has 2 heteroatoms. The maximum Gasteiger partial charge on any atom is 0.0729 e. The summed E-state index contributed by atoms with van der Waals surface area (Å²) in [7, 11) is 0. The van der Waals surface area contributed by atoms with Crippen LogP contribution in [0.5, 0.6) is 0 Å². The second kappa shape index (κ2) is 2.40. The van der Waals surface area contributed by atoms with E-state index in [1.807, 2.05) is 13.8 Å². The van der Waals surface area contributed by atoms with E-state index in [4.69, 9.17) is 12.2 Å². The van der Waals surface area contributed by atoms with Gasteiger partial charge in [-0.2, -0.15) is 0 Å². The fourth-order valence-corrected chi connectivity index (χ4v) is 0.893. The molecule has 1 aliphatic rings. The number of nitrogens with zero attached hydrogens (tertiary/aromatic N) is 1. The lowest BCUT2D eigenvalue weighted by atomic mass is 10.3. The number of hydrogen-bond acceptors (Lipinski definition) is 2. The van der Waals surface area contributed by atoms with E-state index < -0.39 is 0 Å². The summed E-state index contributed by atoms with van der Waals surface area (Å²) in [5, 5.41) is 0. The highest BCUT2D eigenvalue weighted by molar-refractivity contribution is 7.80. The zero-order valence-electron chi connectivity index (χ0n) is 5.64. The summed E-state index contributed by atoms with van der Waals surface area (Å²) in [6.07, 6.45) is 3.04. The number of thiocarbonyl (C=S) groups is 1. The summed E-state index contributed by atoms with van der Waals surface area (Å²) in [5.41, 5.74) is 2.15. The summed E-state index contributed by atoms with van der Waals surface area (Å²) >= 11 is 4.93. The molecule has 0 bridgehead atoms. The van der Waals surface area contributed by atoms with Crippen molar-refractivity contribution in [3.05, 3.63) is 11.8 Å². The molecule has 0 aromatic heterocycles. The number of rotatable bonds is 1. The predicted octanol–water partition coefficient (Wildman–Crippen LogP) is 2.12. The van der Waals surface area contributed by atoms with E-state index in [-0.39, 0.29) is 0 Å². The zero-order valence-corrected chi connectivity index (χ0v) is 6.46. The summed E-state index contributed by atoms with van der Waals surface area (Å²) in [6.45, 7) is 3.92. The molecule has 0 aliphatic carbocycles. The molecule has 9 heavy (non-hydrogen) atoms. The Morgan fingerprint density at radius 2 is 2.44 bits per heavy atom. The second-order valence-electron chi connectivity index (χ2n) is 2.20. The maximum absolute atomic E-state index is 4.93. The van der Waals surface area contributed by atoms with E-state index in [2.05, 4.69) is 11.1 Å². The van der Waals surface area contributed by atoms with Gasteiger partial charge in [-0.05, 0) is 13.8 Å². The van der Waals surface area contributed by atoms with Crippen LogP contribution in [0.2, 0.25) is 0 Å². The Kier molecular flexibility index (Phi) is 1.76. The largest absolute Gasteiger partial charge is 0.257 e. The van der Waals surface area contributed by atoms with Crippen molar-refractivity contribution in [1.29, 1.82) is 0 Å². The minimum atomic E-state index is 0.895. The molecule has 1 aliphatic heterocycles. The van der Waals surface area contributed by atoms with Crippen molar-refractivity contribution in [2.75, 3.05) is 0 Å². The Morgan fingerprint density at radius 3 is 2.67 bits per heavy atom. The molecule has 0 amide bonds. The van der Waals surface area contributed by atoms with Crippen LogP contribution >= 0.6 is 12.2 Å². The smallest absolute Gasteiger partial charge is 0.0729 e. The normalized spacial score (nSPS) is 17.1. The van der Waals surface area contributed by atoms with Crippen LogP contribution in [0, 0.1) is 0 Å². The molecule has 0 aromatic rings. The van der Waals surface area contributed by atoms with Gasteiger partial charge in [0.25, 0.3) is 0 Å². The van der Waals surface area contributed by atoms with Gasteiger partial charge in [-0.1, -0.05) is 18.3 Å². The molecule has 1 rings (SSSR count). The van der Waals surface area contributed by atoms with Gasteiger partial charge < -0.3 is 0 Å².